The second-order valence-corrected chi connectivity index (χ2v) is 3.89. The Labute approximate surface area is 93.5 Å². The summed E-state index contributed by atoms with van der Waals surface area (Å²) in [7, 11) is 0. The third-order valence-electron chi connectivity index (χ3n) is 1.97. The minimum absolute atomic E-state index is 0.554. The summed E-state index contributed by atoms with van der Waals surface area (Å²) in [5.41, 5.74) is 0.688. The second kappa shape index (κ2) is 4.69. The molecule has 0 atom stereocenters. The van der Waals surface area contributed by atoms with E-state index in [1.54, 1.807) is 6.20 Å². The van der Waals surface area contributed by atoms with Gasteiger partial charge >= 0.3 is 0 Å². The molecule has 2 heterocycles. The molecule has 6 nitrogen and oxygen atoms in total. The molecule has 16 heavy (non-hydrogen) atoms. The largest absolute Gasteiger partial charge is 0.353 e. The molecule has 0 aromatic carbocycles. The number of aromatic amines is 1. The Balaban J connectivity index is 2.08. The van der Waals surface area contributed by atoms with E-state index in [1.807, 2.05) is 12.1 Å². The normalized spacial score (nSPS) is 10.7. The monoisotopic (exact) mass is 218 g/mol. The number of nitrogens with zero attached hydrogens (tertiary/aromatic N) is 4. The van der Waals surface area contributed by atoms with E-state index in [1.165, 1.54) is 0 Å². The van der Waals surface area contributed by atoms with Gasteiger partial charge in [-0.25, -0.2) is 0 Å². The molecule has 0 aliphatic rings. The van der Waals surface area contributed by atoms with E-state index in [2.05, 4.69) is 44.5 Å². The first-order valence-electron chi connectivity index (χ1n) is 5.20. The van der Waals surface area contributed by atoms with E-state index in [-0.39, 0.29) is 0 Å². The van der Waals surface area contributed by atoms with Gasteiger partial charge in [0.25, 0.3) is 0 Å². The van der Waals surface area contributed by atoms with E-state index in [0.29, 0.717) is 23.4 Å². The quantitative estimate of drug-likeness (QED) is 0.809. The van der Waals surface area contributed by atoms with Crippen LogP contribution in [0.15, 0.2) is 18.3 Å². The van der Waals surface area contributed by atoms with Crippen molar-refractivity contribution in [3.63, 3.8) is 0 Å². The number of aromatic nitrogens is 5. The van der Waals surface area contributed by atoms with Gasteiger partial charge in [-0.15, -0.1) is 10.2 Å². The predicted octanol–water partition coefficient (Wildman–Crippen LogP) is 1.33. The molecule has 0 radical (unpaired) electrons. The molecule has 2 aromatic rings. The molecule has 0 unspecified atom stereocenters. The molecular weight excluding hydrogens is 204 g/mol. The van der Waals surface area contributed by atoms with Gasteiger partial charge in [-0.3, -0.25) is 5.10 Å². The SMILES string of the molecule is CC(C)CNc1n[nH]c(-c2cccnn2)n1. The van der Waals surface area contributed by atoms with Gasteiger partial charge in [0.1, 0.15) is 5.69 Å². The maximum Gasteiger partial charge on any atom is 0.242 e. The molecule has 0 aliphatic heterocycles. The number of hydrogen-bond donors (Lipinski definition) is 2. The smallest absolute Gasteiger partial charge is 0.242 e. The first kappa shape index (κ1) is 10.5. The lowest BCUT2D eigenvalue weighted by atomic mass is 10.2. The molecule has 2 aromatic heterocycles. The van der Waals surface area contributed by atoms with Crippen LogP contribution in [-0.2, 0) is 0 Å². The number of anilines is 1. The van der Waals surface area contributed by atoms with Crippen LogP contribution in [0, 0.1) is 5.92 Å². The van der Waals surface area contributed by atoms with E-state index in [4.69, 9.17) is 0 Å². The molecule has 0 fully saturated rings. The Kier molecular flexibility index (Phi) is 3.09. The highest BCUT2D eigenvalue weighted by Crippen LogP contribution is 2.11. The van der Waals surface area contributed by atoms with Crippen LogP contribution < -0.4 is 5.32 Å². The highest BCUT2D eigenvalue weighted by atomic mass is 15.3. The summed E-state index contributed by atoms with van der Waals surface area (Å²) in [6.45, 7) is 5.10. The second-order valence-electron chi connectivity index (χ2n) is 3.89. The first-order valence-corrected chi connectivity index (χ1v) is 5.20. The van der Waals surface area contributed by atoms with Crippen LogP contribution in [0.5, 0.6) is 0 Å². The number of rotatable bonds is 4. The summed E-state index contributed by atoms with van der Waals surface area (Å²) in [5, 5.41) is 17.7. The molecule has 0 spiro atoms. The fraction of sp³-hybridized carbons (Fsp3) is 0.400. The van der Waals surface area contributed by atoms with Crippen molar-refractivity contribution in [2.24, 2.45) is 5.92 Å². The van der Waals surface area contributed by atoms with Crippen molar-refractivity contribution in [2.75, 3.05) is 11.9 Å². The Morgan fingerprint density at radius 1 is 1.44 bits per heavy atom. The van der Waals surface area contributed by atoms with E-state index >= 15 is 0 Å². The van der Waals surface area contributed by atoms with Crippen LogP contribution in [0.25, 0.3) is 11.5 Å². The third-order valence-corrected chi connectivity index (χ3v) is 1.97. The van der Waals surface area contributed by atoms with Crippen LogP contribution in [0.3, 0.4) is 0 Å². The lowest BCUT2D eigenvalue weighted by Crippen LogP contribution is -2.08. The Morgan fingerprint density at radius 3 is 3.00 bits per heavy atom. The Bertz CT molecular complexity index is 436. The number of H-pyrrole nitrogens is 1. The van der Waals surface area contributed by atoms with Gasteiger partial charge in [-0.2, -0.15) is 10.1 Å². The van der Waals surface area contributed by atoms with Gasteiger partial charge in [-0.05, 0) is 18.1 Å². The van der Waals surface area contributed by atoms with E-state index in [0.717, 1.165) is 6.54 Å². The highest BCUT2D eigenvalue weighted by molar-refractivity contribution is 5.49. The summed E-state index contributed by atoms with van der Waals surface area (Å²) in [5.74, 6) is 1.77. The molecule has 0 aliphatic carbocycles. The molecule has 2 N–H and O–H groups in total. The van der Waals surface area contributed by atoms with Crippen molar-refractivity contribution in [2.45, 2.75) is 13.8 Å². The van der Waals surface area contributed by atoms with Gasteiger partial charge in [0.05, 0.1) is 0 Å². The topological polar surface area (TPSA) is 79.4 Å². The number of hydrogen-bond acceptors (Lipinski definition) is 5. The molecule has 0 bridgehead atoms. The first-order chi connectivity index (χ1) is 7.75. The van der Waals surface area contributed by atoms with Gasteiger partial charge in [0.15, 0.2) is 5.82 Å². The summed E-state index contributed by atoms with van der Waals surface area (Å²) in [4.78, 5) is 4.27. The maximum atomic E-state index is 4.27. The zero-order valence-corrected chi connectivity index (χ0v) is 9.31. The van der Waals surface area contributed by atoms with Gasteiger partial charge in [0, 0.05) is 12.7 Å². The summed E-state index contributed by atoms with van der Waals surface area (Å²) >= 11 is 0. The standard InChI is InChI=1S/C10H14N6/c1-7(2)6-11-10-13-9(15-16-10)8-4-3-5-12-14-8/h3-5,7H,6H2,1-2H3,(H2,11,13,15,16). The van der Waals surface area contributed by atoms with E-state index < -0.39 is 0 Å². The molecule has 2 rings (SSSR count). The van der Waals surface area contributed by atoms with Crippen LogP contribution in [-0.4, -0.2) is 31.9 Å². The lowest BCUT2D eigenvalue weighted by Gasteiger charge is -2.03. The minimum atomic E-state index is 0.554. The molecule has 0 saturated heterocycles. The van der Waals surface area contributed by atoms with Crippen molar-refractivity contribution < 1.29 is 0 Å². The van der Waals surface area contributed by atoms with Gasteiger partial charge in [-0.1, -0.05) is 13.8 Å². The van der Waals surface area contributed by atoms with Crippen molar-refractivity contribution >= 4 is 5.95 Å². The predicted molar refractivity (Wildman–Crippen MR) is 60.7 cm³/mol. The summed E-state index contributed by atoms with van der Waals surface area (Å²) < 4.78 is 0. The minimum Gasteiger partial charge on any atom is -0.353 e. The Hall–Kier alpha value is -1.98. The zero-order chi connectivity index (χ0) is 11.4. The fourth-order valence-corrected chi connectivity index (χ4v) is 1.18. The highest BCUT2D eigenvalue weighted by Gasteiger charge is 2.06. The maximum absolute atomic E-state index is 4.27. The zero-order valence-electron chi connectivity index (χ0n) is 9.31. The average molecular weight is 218 g/mol. The molecule has 6 heteroatoms. The third kappa shape index (κ3) is 2.53. The summed E-state index contributed by atoms with van der Waals surface area (Å²) in [6.07, 6.45) is 1.62. The molecule has 0 saturated carbocycles. The van der Waals surface area contributed by atoms with Crippen LogP contribution in [0.2, 0.25) is 0 Å². The van der Waals surface area contributed by atoms with Gasteiger partial charge < -0.3 is 5.32 Å². The fourth-order valence-electron chi connectivity index (χ4n) is 1.18. The van der Waals surface area contributed by atoms with Crippen molar-refractivity contribution in [1.82, 2.24) is 25.4 Å². The lowest BCUT2D eigenvalue weighted by molar-refractivity contribution is 0.685. The van der Waals surface area contributed by atoms with Gasteiger partial charge in [0.2, 0.25) is 5.95 Å². The van der Waals surface area contributed by atoms with Crippen molar-refractivity contribution in [3.05, 3.63) is 18.3 Å². The molecular formula is C10H14N6. The summed E-state index contributed by atoms with van der Waals surface area (Å²) in [6, 6.07) is 3.64. The Morgan fingerprint density at radius 2 is 2.31 bits per heavy atom. The van der Waals surface area contributed by atoms with Crippen molar-refractivity contribution in [3.8, 4) is 11.5 Å². The number of nitrogens with one attached hydrogen (secondary N) is 2. The average Bonchev–Trinajstić information content (AvgIpc) is 2.76. The van der Waals surface area contributed by atoms with E-state index in [9.17, 15) is 0 Å². The molecule has 84 valence electrons. The van der Waals surface area contributed by atoms with Crippen LogP contribution >= 0.6 is 0 Å². The van der Waals surface area contributed by atoms with Crippen LogP contribution in [0.1, 0.15) is 13.8 Å². The van der Waals surface area contributed by atoms with Crippen molar-refractivity contribution in [1.29, 1.82) is 0 Å². The van der Waals surface area contributed by atoms with Crippen LogP contribution in [0.4, 0.5) is 5.95 Å². The molecule has 0 amide bonds.